The number of ether oxygens (including phenoxy) is 1. The molecule has 1 aromatic carbocycles. The van der Waals surface area contributed by atoms with E-state index in [2.05, 4.69) is 14.7 Å². The molecule has 0 aliphatic rings. The number of fused-ring (bicyclic) bond motifs is 1. The van der Waals surface area contributed by atoms with Crippen molar-refractivity contribution in [1.29, 1.82) is 0 Å². The minimum Gasteiger partial charge on any atom is -0.465 e. The van der Waals surface area contributed by atoms with E-state index in [0.29, 0.717) is 22.4 Å². The van der Waals surface area contributed by atoms with Crippen molar-refractivity contribution in [3.05, 3.63) is 29.6 Å². The molecule has 1 atom stereocenters. The Morgan fingerprint density at radius 2 is 2.31 bits per heavy atom. The number of hydrogen-bond acceptors (Lipinski definition) is 4. The topological polar surface area (TPSA) is 75.2 Å². The van der Waals surface area contributed by atoms with Gasteiger partial charge < -0.3 is 14.8 Å². The molecule has 0 radical (unpaired) electrons. The number of methoxy groups -OCH3 is 1. The van der Waals surface area contributed by atoms with Crippen molar-refractivity contribution in [2.75, 3.05) is 7.11 Å². The predicted octanol–water partition coefficient (Wildman–Crippen LogP) is 1.40. The van der Waals surface area contributed by atoms with E-state index in [1.165, 1.54) is 7.11 Å². The average molecular weight is 220 g/mol. The number of esters is 1. The van der Waals surface area contributed by atoms with Crippen molar-refractivity contribution < 1.29 is 14.6 Å². The molecular weight excluding hydrogens is 208 g/mol. The summed E-state index contributed by atoms with van der Waals surface area (Å²) in [5.74, 6) is 0.000552. The fourth-order valence-corrected chi connectivity index (χ4v) is 1.52. The molecule has 0 saturated carbocycles. The summed E-state index contributed by atoms with van der Waals surface area (Å²) in [6, 6.07) is 5.17. The van der Waals surface area contributed by atoms with Crippen LogP contribution in [-0.4, -0.2) is 28.2 Å². The second kappa shape index (κ2) is 3.94. The Bertz CT molecular complexity index is 531. The number of nitrogens with zero attached hydrogens (tertiary/aromatic N) is 1. The van der Waals surface area contributed by atoms with Crippen LogP contribution in [0.15, 0.2) is 18.2 Å². The van der Waals surface area contributed by atoms with Gasteiger partial charge in [-0.3, -0.25) is 0 Å². The number of para-hydroxylation sites is 1. The number of H-pyrrole nitrogens is 1. The summed E-state index contributed by atoms with van der Waals surface area (Å²) in [7, 11) is 1.32. The second-order valence-corrected chi connectivity index (χ2v) is 3.49. The molecule has 2 aromatic rings. The highest BCUT2D eigenvalue weighted by atomic mass is 16.5. The van der Waals surface area contributed by atoms with Crippen molar-refractivity contribution in [3.63, 3.8) is 0 Å². The van der Waals surface area contributed by atoms with Gasteiger partial charge in [-0.05, 0) is 19.1 Å². The van der Waals surface area contributed by atoms with Crippen molar-refractivity contribution in [2.45, 2.75) is 13.0 Å². The van der Waals surface area contributed by atoms with Gasteiger partial charge in [0.1, 0.15) is 17.4 Å². The van der Waals surface area contributed by atoms with Crippen LogP contribution in [0.5, 0.6) is 0 Å². The lowest BCUT2D eigenvalue weighted by Crippen LogP contribution is -2.01. The fourth-order valence-electron chi connectivity index (χ4n) is 1.52. The quantitative estimate of drug-likeness (QED) is 0.750. The maximum Gasteiger partial charge on any atom is 0.340 e. The number of aliphatic hydroxyl groups excluding tert-OH is 1. The highest BCUT2D eigenvalue weighted by Crippen LogP contribution is 2.19. The van der Waals surface area contributed by atoms with E-state index in [4.69, 9.17) is 0 Å². The first-order valence-corrected chi connectivity index (χ1v) is 4.88. The Morgan fingerprint density at radius 1 is 1.56 bits per heavy atom. The summed E-state index contributed by atoms with van der Waals surface area (Å²) < 4.78 is 4.66. The first-order valence-electron chi connectivity index (χ1n) is 4.88. The second-order valence-electron chi connectivity index (χ2n) is 3.49. The van der Waals surface area contributed by atoms with Crippen LogP contribution in [0, 0.1) is 0 Å². The molecule has 0 unspecified atom stereocenters. The van der Waals surface area contributed by atoms with Gasteiger partial charge in [-0.15, -0.1) is 0 Å². The molecule has 1 heterocycles. The van der Waals surface area contributed by atoms with E-state index in [-0.39, 0.29) is 0 Å². The van der Waals surface area contributed by atoms with Crippen LogP contribution in [0.4, 0.5) is 0 Å². The summed E-state index contributed by atoms with van der Waals surface area (Å²) in [6.45, 7) is 1.61. The first-order chi connectivity index (χ1) is 7.63. The zero-order valence-corrected chi connectivity index (χ0v) is 9.02. The number of aromatic amines is 1. The highest BCUT2D eigenvalue weighted by Gasteiger charge is 2.15. The van der Waals surface area contributed by atoms with Gasteiger partial charge in [0.25, 0.3) is 0 Å². The van der Waals surface area contributed by atoms with E-state index in [0.717, 1.165) is 0 Å². The molecule has 0 aliphatic heterocycles. The number of hydrogen-bond donors (Lipinski definition) is 2. The summed E-state index contributed by atoms with van der Waals surface area (Å²) in [5, 5.41) is 9.40. The van der Waals surface area contributed by atoms with Crippen LogP contribution in [-0.2, 0) is 4.74 Å². The molecule has 0 amide bonds. The molecule has 0 fully saturated rings. The Kier molecular flexibility index (Phi) is 2.62. The number of carbonyl (C=O) groups is 1. The fraction of sp³-hybridized carbons (Fsp3) is 0.273. The predicted molar refractivity (Wildman–Crippen MR) is 58.1 cm³/mol. The number of rotatable bonds is 2. The number of carbonyl (C=O) groups excluding carboxylic acids is 1. The van der Waals surface area contributed by atoms with E-state index in [1.807, 2.05) is 0 Å². The summed E-state index contributed by atoms with van der Waals surface area (Å²) >= 11 is 0. The van der Waals surface area contributed by atoms with E-state index in [9.17, 15) is 9.90 Å². The summed E-state index contributed by atoms with van der Waals surface area (Å²) in [4.78, 5) is 18.6. The SMILES string of the molecule is COC(=O)c1cccc2[nH]c([C@H](C)O)nc12. The molecule has 1 aromatic heterocycles. The van der Waals surface area contributed by atoms with Crippen molar-refractivity contribution in [1.82, 2.24) is 9.97 Å². The molecule has 0 bridgehead atoms. The third kappa shape index (κ3) is 1.65. The number of nitrogens with one attached hydrogen (secondary N) is 1. The Balaban J connectivity index is 2.63. The molecule has 0 aliphatic carbocycles. The summed E-state index contributed by atoms with van der Waals surface area (Å²) in [5.41, 5.74) is 1.62. The molecule has 84 valence electrons. The molecular formula is C11H12N2O3. The molecule has 16 heavy (non-hydrogen) atoms. The monoisotopic (exact) mass is 220 g/mol. The lowest BCUT2D eigenvalue weighted by molar-refractivity contribution is 0.0602. The third-order valence-electron chi connectivity index (χ3n) is 2.33. The van der Waals surface area contributed by atoms with Gasteiger partial charge in [0.05, 0.1) is 18.2 Å². The van der Waals surface area contributed by atoms with Crippen LogP contribution < -0.4 is 0 Å². The van der Waals surface area contributed by atoms with Gasteiger partial charge in [-0.25, -0.2) is 9.78 Å². The van der Waals surface area contributed by atoms with Crippen LogP contribution in [0.25, 0.3) is 11.0 Å². The summed E-state index contributed by atoms with van der Waals surface area (Å²) in [6.07, 6.45) is -0.696. The third-order valence-corrected chi connectivity index (χ3v) is 2.33. The minimum atomic E-state index is -0.696. The molecule has 5 nitrogen and oxygen atoms in total. The molecule has 0 saturated heterocycles. The standard InChI is InChI=1S/C11H12N2O3/c1-6(14)10-12-8-5-3-4-7(9(8)13-10)11(15)16-2/h3-6,14H,1-2H3,(H,12,13)/t6-/m0/s1. The first kappa shape index (κ1) is 10.6. The van der Waals surface area contributed by atoms with Gasteiger partial charge in [0, 0.05) is 0 Å². The Hall–Kier alpha value is -1.88. The lowest BCUT2D eigenvalue weighted by Gasteiger charge is -1.98. The number of aliphatic hydroxyl groups is 1. The number of aromatic nitrogens is 2. The zero-order valence-electron chi connectivity index (χ0n) is 9.02. The number of benzene rings is 1. The Labute approximate surface area is 92.1 Å². The van der Waals surface area contributed by atoms with Gasteiger partial charge in [-0.2, -0.15) is 0 Å². The number of imidazole rings is 1. The average Bonchev–Trinajstić information content (AvgIpc) is 2.71. The van der Waals surface area contributed by atoms with Crippen LogP contribution >= 0.6 is 0 Å². The van der Waals surface area contributed by atoms with Crippen molar-refractivity contribution >= 4 is 17.0 Å². The van der Waals surface area contributed by atoms with Gasteiger partial charge in [-0.1, -0.05) is 6.07 Å². The van der Waals surface area contributed by atoms with Gasteiger partial charge >= 0.3 is 5.97 Å². The van der Waals surface area contributed by atoms with Crippen molar-refractivity contribution in [2.24, 2.45) is 0 Å². The Morgan fingerprint density at radius 3 is 2.94 bits per heavy atom. The van der Waals surface area contributed by atoms with Crippen LogP contribution in [0.1, 0.15) is 29.2 Å². The minimum absolute atomic E-state index is 0.392. The molecule has 5 heteroatoms. The maximum atomic E-state index is 11.5. The molecule has 2 rings (SSSR count). The van der Waals surface area contributed by atoms with Gasteiger partial charge in [0.15, 0.2) is 0 Å². The van der Waals surface area contributed by atoms with Crippen LogP contribution in [0.2, 0.25) is 0 Å². The van der Waals surface area contributed by atoms with E-state index in [1.54, 1.807) is 25.1 Å². The smallest absolute Gasteiger partial charge is 0.340 e. The molecule has 2 N–H and O–H groups in total. The highest BCUT2D eigenvalue weighted by molar-refractivity contribution is 6.01. The van der Waals surface area contributed by atoms with Crippen LogP contribution in [0.3, 0.4) is 0 Å². The van der Waals surface area contributed by atoms with E-state index < -0.39 is 12.1 Å². The zero-order chi connectivity index (χ0) is 11.7. The van der Waals surface area contributed by atoms with E-state index >= 15 is 0 Å². The van der Waals surface area contributed by atoms with Gasteiger partial charge in [0.2, 0.25) is 0 Å². The largest absolute Gasteiger partial charge is 0.465 e. The maximum absolute atomic E-state index is 11.5. The van der Waals surface area contributed by atoms with Crippen molar-refractivity contribution in [3.8, 4) is 0 Å². The lowest BCUT2D eigenvalue weighted by atomic mass is 10.2. The normalized spacial score (nSPS) is 12.7. The molecule has 0 spiro atoms.